The summed E-state index contributed by atoms with van der Waals surface area (Å²) in [7, 11) is 0. The fourth-order valence-corrected chi connectivity index (χ4v) is 3.85. The highest BCUT2D eigenvalue weighted by atomic mass is 32.2. The Bertz CT molecular complexity index is 1010. The summed E-state index contributed by atoms with van der Waals surface area (Å²) in [5.74, 6) is 1.74. The molecule has 1 N–H and O–H groups in total. The predicted octanol–water partition coefficient (Wildman–Crippen LogP) is 3.32. The summed E-state index contributed by atoms with van der Waals surface area (Å²) in [6, 6.07) is 12.0. The van der Waals surface area contributed by atoms with E-state index < -0.39 is 11.5 Å². The highest BCUT2D eigenvalue weighted by molar-refractivity contribution is 7.99. The summed E-state index contributed by atoms with van der Waals surface area (Å²) in [5, 5.41) is 3.34. The number of pyridine rings is 1. The summed E-state index contributed by atoms with van der Waals surface area (Å²) < 4.78 is 11.1. The van der Waals surface area contributed by atoms with Gasteiger partial charge >= 0.3 is 5.63 Å². The molecule has 3 aromatic rings. The largest absolute Gasteiger partial charge is 0.473 e. The topological polar surface area (TPSA) is 81.4 Å². The van der Waals surface area contributed by atoms with Crippen LogP contribution in [0.15, 0.2) is 57.9 Å². The molecule has 0 aliphatic carbocycles. The fraction of sp³-hybridized carbons (Fsp3) is 0.211. The van der Waals surface area contributed by atoms with Crippen molar-refractivity contribution in [2.75, 3.05) is 16.8 Å². The zero-order valence-electron chi connectivity index (χ0n) is 13.8. The Labute approximate surface area is 153 Å². The Morgan fingerprint density at radius 3 is 3.00 bits per heavy atom. The summed E-state index contributed by atoms with van der Waals surface area (Å²) in [5.41, 5.74) is 0.243. The van der Waals surface area contributed by atoms with Gasteiger partial charge in [-0.3, -0.25) is 4.79 Å². The van der Waals surface area contributed by atoms with Gasteiger partial charge in [-0.25, -0.2) is 9.78 Å². The maximum absolute atomic E-state index is 12.7. The van der Waals surface area contributed by atoms with Gasteiger partial charge in [-0.1, -0.05) is 18.2 Å². The van der Waals surface area contributed by atoms with E-state index in [4.69, 9.17) is 9.15 Å². The fourth-order valence-electron chi connectivity index (χ4n) is 2.76. The van der Waals surface area contributed by atoms with Crippen molar-refractivity contribution in [1.82, 2.24) is 4.98 Å². The number of nitrogens with zero attached hydrogens (tertiary/aromatic N) is 1. The number of hydrogen-bond acceptors (Lipinski definition) is 6. The quantitative estimate of drug-likeness (QED) is 0.712. The smallest absolute Gasteiger partial charge is 0.360 e. The number of rotatable bonds is 4. The molecule has 26 heavy (non-hydrogen) atoms. The number of anilines is 1. The van der Waals surface area contributed by atoms with Crippen LogP contribution in [-0.4, -0.2) is 28.5 Å². The summed E-state index contributed by atoms with van der Waals surface area (Å²) >= 11 is 1.81. The van der Waals surface area contributed by atoms with Gasteiger partial charge < -0.3 is 14.5 Å². The first-order chi connectivity index (χ1) is 12.7. The Hall–Kier alpha value is -2.80. The molecule has 0 saturated carbocycles. The summed E-state index contributed by atoms with van der Waals surface area (Å²) in [6.45, 7) is 0. The van der Waals surface area contributed by atoms with Gasteiger partial charge in [0.2, 0.25) is 5.88 Å². The second-order valence-electron chi connectivity index (χ2n) is 5.90. The Morgan fingerprint density at radius 2 is 2.15 bits per heavy atom. The van der Waals surface area contributed by atoms with E-state index in [0.717, 1.165) is 23.3 Å². The molecule has 1 aliphatic heterocycles. The number of nitrogens with one attached hydrogen (secondary N) is 1. The van der Waals surface area contributed by atoms with Crippen molar-refractivity contribution in [2.45, 2.75) is 12.5 Å². The second kappa shape index (κ2) is 7.21. The van der Waals surface area contributed by atoms with Crippen LogP contribution in [0.5, 0.6) is 5.88 Å². The van der Waals surface area contributed by atoms with E-state index >= 15 is 0 Å². The molecule has 0 spiro atoms. The highest BCUT2D eigenvalue weighted by Crippen LogP contribution is 2.25. The molecule has 4 rings (SSSR count). The third-order valence-electron chi connectivity index (χ3n) is 4.07. The Kier molecular flexibility index (Phi) is 4.62. The number of hydrogen-bond donors (Lipinski definition) is 1. The van der Waals surface area contributed by atoms with E-state index in [0.29, 0.717) is 5.58 Å². The van der Waals surface area contributed by atoms with Gasteiger partial charge in [0.25, 0.3) is 5.91 Å². The summed E-state index contributed by atoms with van der Waals surface area (Å²) in [4.78, 5) is 29.0. The van der Waals surface area contributed by atoms with Crippen LogP contribution in [0, 0.1) is 0 Å². The molecule has 1 aromatic carbocycles. The number of carbonyl (C=O) groups is 1. The molecular formula is C19H16N2O4S. The SMILES string of the molecule is O=C(Nc1cc2ccccc2oc1=O)c1cccnc1OC1CCSC1. The average Bonchev–Trinajstić information content (AvgIpc) is 3.16. The van der Waals surface area contributed by atoms with Crippen LogP contribution >= 0.6 is 11.8 Å². The number of amides is 1. The first kappa shape index (κ1) is 16.7. The first-order valence-electron chi connectivity index (χ1n) is 8.24. The predicted molar refractivity (Wildman–Crippen MR) is 101 cm³/mol. The van der Waals surface area contributed by atoms with Crippen molar-refractivity contribution >= 4 is 34.3 Å². The van der Waals surface area contributed by atoms with Crippen LogP contribution in [0.2, 0.25) is 0 Å². The molecule has 1 aliphatic rings. The minimum absolute atomic E-state index is 0.0483. The van der Waals surface area contributed by atoms with Crippen LogP contribution in [0.3, 0.4) is 0 Å². The van der Waals surface area contributed by atoms with Crippen LogP contribution < -0.4 is 15.7 Å². The maximum Gasteiger partial charge on any atom is 0.360 e. The van der Waals surface area contributed by atoms with Crippen molar-refractivity contribution in [3.05, 3.63) is 64.6 Å². The van der Waals surface area contributed by atoms with Crippen LogP contribution in [-0.2, 0) is 0 Å². The van der Waals surface area contributed by atoms with E-state index in [1.54, 1.807) is 36.5 Å². The number of fused-ring (bicyclic) bond motifs is 1. The normalized spacial score (nSPS) is 16.5. The number of benzene rings is 1. The lowest BCUT2D eigenvalue weighted by Gasteiger charge is -2.14. The minimum atomic E-state index is -0.601. The van der Waals surface area contributed by atoms with Gasteiger partial charge in [0.05, 0.1) is 0 Å². The zero-order chi connectivity index (χ0) is 17.9. The van der Waals surface area contributed by atoms with Crippen LogP contribution in [0.1, 0.15) is 16.8 Å². The highest BCUT2D eigenvalue weighted by Gasteiger charge is 2.22. The number of carbonyl (C=O) groups excluding carboxylic acids is 1. The lowest BCUT2D eigenvalue weighted by molar-refractivity contribution is 0.101. The molecule has 0 bridgehead atoms. The monoisotopic (exact) mass is 368 g/mol. The molecule has 132 valence electrons. The molecule has 7 heteroatoms. The lowest BCUT2D eigenvalue weighted by atomic mass is 10.2. The maximum atomic E-state index is 12.7. The average molecular weight is 368 g/mol. The molecule has 6 nitrogen and oxygen atoms in total. The molecule has 1 saturated heterocycles. The Morgan fingerprint density at radius 1 is 1.27 bits per heavy atom. The molecule has 2 aromatic heterocycles. The lowest BCUT2D eigenvalue weighted by Crippen LogP contribution is -2.21. The van der Waals surface area contributed by atoms with Crippen molar-refractivity contribution in [1.29, 1.82) is 0 Å². The number of thioether (sulfide) groups is 1. The van der Waals surface area contributed by atoms with Gasteiger partial charge in [0, 0.05) is 17.3 Å². The molecule has 3 heterocycles. The third-order valence-corrected chi connectivity index (χ3v) is 5.20. The van der Waals surface area contributed by atoms with Crippen molar-refractivity contribution in [3.63, 3.8) is 0 Å². The zero-order valence-corrected chi connectivity index (χ0v) is 14.6. The molecule has 1 atom stereocenters. The number of para-hydroxylation sites is 1. The van der Waals surface area contributed by atoms with Crippen molar-refractivity contribution < 1.29 is 13.9 Å². The Balaban J connectivity index is 1.60. The van der Waals surface area contributed by atoms with Crippen LogP contribution in [0.25, 0.3) is 11.0 Å². The van der Waals surface area contributed by atoms with E-state index in [-0.39, 0.29) is 23.2 Å². The molecule has 1 amide bonds. The number of aromatic nitrogens is 1. The summed E-state index contributed by atoms with van der Waals surface area (Å²) in [6.07, 6.45) is 2.56. The van der Waals surface area contributed by atoms with Crippen molar-refractivity contribution in [3.8, 4) is 5.88 Å². The standard InChI is InChI=1S/C19H16N2O4S/c22-17(14-5-3-8-20-18(14)24-13-7-9-26-11-13)21-15-10-12-4-1-2-6-16(12)25-19(15)23/h1-6,8,10,13H,7,9,11H2,(H,21,22). The molecule has 1 unspecified atom stereocenters. The van der Waals surface area contributed by atoms with Gasteiger partial charge in [-0.2, -0.15) is 11.8 Å². The van der Waals surface area contributed by atoms with Gasteiger partial charge in [-0.05, 0) is 36.4 Å². The molecular weight excluding hydrogens is 352 g/mol. The second-order valence-corrected chi connectivity index (χ2v) is 7.05. The van der Waals surface area contributed by atoms with Gasteiger partial charge in [0.15, 0.2) is 0 Å². The third kappa shape index (κ3) is 3.43. The van der Waals surface area contributed by atoms with E-state index in [1.165, 1.54) is 0 Å². The minimum Gasteiger partial charge on any atom is -0.473 e. The van der Waals surface area contributed by atoms with E-state index in [2.05, 4.69) is 10.3 Å². The van der Waals surface area contributed by atoms with Gasteiger partial charge in [-0.15, -0.1) is 0 Å². The first-order valence-corrected chi connectivity index (χ1v) is 9.40. The van der Waals surface area contributed by atoms with E-state index in [9.17, 15) is 9.59 Å². The molecule has 0 radical (unpaired) electrons. The molecule has 1 fully saturated rings. The van der Waals surface area contributed by atoms with Gasteiger partial charge in [0.1, 0.15) is 22.9 Å². The van der Waals surface area contributed by atoms with Crippen LogP contribution in [0.4, 0.5) is 5.69 Å². The van der Waals surface area contributed by atoms with Crippen molar-refractivity contribution in [2.24, 2.45) is 0 Å². The number of ether oxygens (including phenoxy) is 1. The van der Waals surface area contributed by atoms with E-state index in [1.807, 2.05) is 23.9 Å².